The predicted molar refractivity (Wildman–Crippen MR) is 76.1 cm³/mol. The lowest BCUT2D eigenvalue weighted by Gasteiger charge is -2.20. The highest BCUT2D eigenvalue weighted by Gasteiger charge is 2.20. The molecule has 3 rings (SSSR count). The summed E-state index contributed by atoms with van der Waals surface area (Å²) in [6.07, 6.45) is 6.64. The van der Waals surface area contributed by atoms with Crippen molar-refractivity contribution >= 4 is 5.97 Å². The number of benzene rings is 1. The van der Waals surface area contributed by atoms with Gasteiger partial charge in [-0.3, -0.25) is 0 Å². The molecule has 0 spiro atoms. The normalized spacial score (nSPS) is 15.0. The molecule has 0 amide bonds. The van der Waals surface area contributed by atoms with Crippen molar-refractivity contribution in [3.63, 3.8) is 0 Å². The molecule has 1 atom stereocenters. The van der Waals surface area contributed by atoms with Crippen LogP contribution in [0.1, 0.15) is 41.5 Å². The van der Waals surface area contributed by atoms with Crippen LogP contribution in [0.4, 0.5) is 0 Å². The summed E-state index contributed by atoms with van der Waals surface area (Å²) in [5, 5.41) is 7.77. The molecule has 2 N–H and O–H groups in total. The second-order valence-electron chi connectivity index (χ2n) is 4.91. The van der Waals surface area contributed by atoms with E-state index in [4.69, 9.17) is 4.84 Å². The highest BCUT2D eigenvalue weighted by molar-refractivity contribution is 5.89. The van der Waals surface area contributed by atoms with Crippen LogP contribution in [0.15, 0.2) is 48.3 Å². The van der Waals surface area contributed by atoms with Gasteiger partial charge in [0.1, 0.15) is 12.4 Å². The zero-order chi connectivity index (χ0) is 14.5. The van der Waals surface area contributed by atoms with E-state index in [0.717, 1.165) is 19.3 Å². The minimum atomic E-state index is -0.414. The third kappa shape index (κ3) is 3.35. The zero-order valence-electron chi connectivity index (χ0n) is 11.5. The smallest absolute Gasteiger partial charge is 0.356 e. The molecule has 0 radical (unpaired) electrons. The van der Waals surface area contributed by atoms with E-state index in [9.17, 15) is 4.79 Å². The quantitative estimate of drug-likeness (QED) is 0.628. The van der Waals surface area contributed by atoms with E-state index in [1.165, 1.54) is 11.9 Å². The number of nitrogens with zero attached hydrogens (tertiary/aromatic N) is 2. The molecule has 1 aromatic heterocycles. The number of aromatic nitrogens is 3. The largest absolute Gasteiger partial charge is 0.366 e. The number of allylic oxidation sites excluding steroid dienone is 1. The van der Waals surface area contributed by atoms with Crippen LogP contribution >= 0.6 is 0 Å². The molecule has 108 valence electrons. The maximum absolute atomic E-state index is 11.9. The highest BCUT2D eigenvalue weighted by Crippen LogP contribution is 2.27. The third-order valence-electron chi connectivity index (χ3n) is 3.43. The highest BCUT2D eigenvalue weighted by atomic mass is 16.7. The second kappa shape index (κ2) is 6.32. The molecule has 2 aromatic rings. The number of H-pyrrole nitrogens is 1. The first-order valence-corrected chi connectivity index (χ1v) is 6.88. The Morgan fingerprint density at radius 1 is 1.38 bits per heavy atom. The van der Waals surface area contributed by atoms with Gasteiger partial charge in [0, 0.05) is 0 Å². The monoisotopic (exact) mass is 284 g/mol. The molecule has 1 heterocycles. The van der Waals surface area contributed by atoms with Gasteiger partial charge in [0.25, 0.3) is 0 Å². The molecular formula is C15H16N4O2. The Balaban J connectivity index is 1.63. The van der Waals surface area contributed by atoms with Crippen LogP contribution in [-0.2, 0) is 4.84 Å². The average molecular weight is 284 g/mol. The molecule has 1 aliphatic carbocycles. The summed E-state index contributed by atoms with van der Waals surface area (Å²) in [5.41, 5.74) is 4.63. The molecule has 0 bridgehead atoms. The fourth-order valence-electron chi connectivity index (χ4n) is 2.13. The number of hydroxylamine groups is 1. The van der Waals surface area contributed by atoms with Crippen LogP contribution in [-0.4, -0.2) is 21.2 Å². The van der Waals surface area contributed by atoms with Gasteiger partial charge in [-0.25, -0.2) is 4.79 Å². The maximum atomic E-state index is 11.9. The number of hydrogen-bond donors (Lipinski definition) is 2. The maximum Gasteiger partial charge on any atom is 0.356 e. The molecule has 1 aromatic carbocycles. The van der Waals surface area contributed by atoms with Crippen LogP contribution in [0.25, 0.3) is 0 Å². The number of hydrogen-bond acceptors (Lipinski definition) is 5. The Bertz CT molecular complexity index is 622. The first kappa shape index (κ1) is 13.5. The van der Waals surface area contributed by atoms with Crippen molar-refractivity contribution in [1.82, 2.24) is 20.7 Å². The van der Waals surface area contributed by atoms with E-state index in [1.54, 1.807) is 24.3 Å². The van der Waals surface area contributed by atoms with Crippen molar-refractivity contribution in [2.45, 2.75) is 25.3 Å². The van der Waals surface area contributed by atoms with Crippen LogP contribution in [0.2, 0.25) is 0 Å². The third-order valence-corrected chi connectivity index (χ3v) is 3.43. The molecule has 6 heteroatoms. The number of nitrogens with one attached hydrogen (secondary N) is 2. The van der Waals surface area contributed by atoms with E-state index in [0.29, 0.717) is 11.4 Å². The fraction of sp³-hybridized carbons (Fsp3) is 0.267. The summed E-state index contributed by atoms with van der Waals surface area (Å²) in [5.74, 6) is 0.242. The standard InChI is InChI=1S/C15H16N4O2/c20-15(12-7-2-1-3-8-12)21-19-13(9-11-5-4-6-11)14-16-10-17-18-14/h1-3,5,7-8,10,13,19H,4,6,9H2,(H,16,17,18). The van der Waals surface area contributed by atoms with E-state index in [1.807, 2.05) is 6.07 Å². The van der Waals surface area contributed by atoms with Gasteiger partial charge in [-0.15, -0.1) is 15.7 Å². The van der Waals surface area contributed by atoms with Gasteiger partial charge in [0.2, 0.25) is 0 Å². The van der Waals surface area contributed by atoms with Crippen molar-refractivity contribution in [3.05, 3.63) is 59.7 Å². The number of carbonyl (C=O) groups is 1. The van der Waals surface area contributed by atoms with Crippen molar-refractivity contribution in [2.75, 3.05) is 0 Å². The summed E-state index contributed by atoms with van der Waals surface area (Å²) >= 11 is 0. The van der Waals surface area contributed by atoms with Gasteiger partial charge in [0.05, 0.1) is 5.56 Å². The van der Waals surface area contributed by atoms with E-state index >= 15 is 0 Å². The van der Waals surface area contributed by atoms with Gasteiger partial charge in [-0.05, 0) is 31.4 Å². The molecule has 1 unspecified atom stereocenters. The summed E-state index contributed by atoms with van der Waals surface area (Å²) in [6, 6.07) is 8.65. The molecule has 21 heavy (non-hydrogen) atoms. The Morgan fingerprint density at radius 2 is 2.19 bits per heavy atom. The topological polar surface area (TPSA) is 79.9 Å². The van der Waals surface area contributed by atoms with Crippen LogP contribution < -0.4 is 5.48 Å². The SMILES string of the molecule is O=C(ONC(CC1=CCC1)c1nnc[nH]1)c1ccccc1. The van der Waals surface area contributed by atoms with Crippen molar-refractivity contribution in [1.29, 1.82) is 0 Å². The second-order valence-corrected chi connectivity index (χ2v) is 4.91. The lowest BCUT2D eigenvalue weighted by Crippen LogP contribution is -2.27. The van der Waals surface area contributed by atoms with Crippen LogP contribution in [0.3, 0.4) is 0 Å². The molecule has 0 saturated carbocycles. The minimum Gasteiger partial charge on any atom is -0.366 e. The van der Waals surface area contributed by atoms with E-state index in [-0.39, 0.29) is 6.04 Å². The molecule has 6 nitrogen and oxygen atoms in total. The Morgan fingerprint density at radius 3 is 2.81 bits per heavy atom. The van der Waals surface area contributed by atoms with Gasteiger partial charge < -0.3 is 9.82 Å². The molecule has 0 aliphatic heterocycles. The van der Waals surface area contributed by atoms with E-state index < -0.39 is 5.97 Å². The van der Waals surface area contributed by atoms with Crippen molar-refractivity contribution < 1.29 is 9.63 Å². The van der Waals surface area contributed by atoms with Crippen molar-refractivity contribution in [2.24, 2.45) is 0 Å². The minimum absolute atomic E-state index is 0.216. The van der Waals surface area contributed by atoms with Crippen molar-refractivity contribution in [3.8, 4) is 0 Å². The average Bonchev–Trinajstić information content (AvgIpc) is 3.00. The molecular weight excluding hydrogens is 268 g/mol. The number of rotatable bonds is 6. The number of carbonyl (C=O) groups excluding carboxylic acids is 1. The Labute approximate surface area is 122 Å². The first-order valence-electron chi connectivity index (χ1n) is 6.88. The van der Waals surface area contributed by atoms with Gasteiger partial charge >= 0.3 is 5.97 Å². The first-order chi connectivity index (χ1) is 10.3. The Kier molecular flexibility index (Phi) is 4.07. The van der Waals surface area contributed by atoms with Crippen LogP contribution in [0, 0.1) is 0 Å². The molecule has 0 fully saturated rings. The predicted octanol–water partition coefficient (Wildman–Crippen LogP) is 2.32. The van der Waals surface area contributed by atoms with Gasteiger partial charge in [-0.1, -0.05) is 29.8 Å². The zero-order valence-corrected chi connectivity index (χ0v) is 11.5. The lowest BCUT2D eigenvalue weighted by molar-refractivity contribution is 0.0141. The molecule has 1 aliphatic rings. The van der Waals surface area contributed by atoms with Gasteiger partial charge in [-0.2, -0.15) is 0 Å². The molecule has 0 saturated heterocycles. The van der Waals surface area contributed by atoms with Crippen LogP contribution in [0.5, 0.6) is 0 Å². The lowest BCUT2D eigenvalue weighted by atomic mass is 9.93. The number of aromatic amines is 1. The summed E-state index contributed by atoms with van der Waals surface area (Å²) in [7, 11) is 0. The summed E-state index contributed by atoms with van der Waals surface area (Å²) in [4.78, 5) is 20.1. The summed E-state index contributed by atoms with van der Waals surface area (Å²) in [6.45, 7) is 0. The Hall–Kier alpha value is -2.47. The van der Waals surface area contributed by atoms with Gasteiger partial charge in [0.15, 0.2) is 5.82 Å². The summed E-state index contributed by atoms with van der Waals surface area (Å²) < 4.78 is 0. The fourth-order valence-corrected chi connectivity index (χ4v) is 2.13. The van der Waals surface area contributed by atoms with E-state index in [2.05, 4.69) is 26.7 Å².